The van der Waals surface area contributed by atoms with Crippen molar-refractivity contribution >= 4 is 39.6 Å². The molecule has 238 valence electrons. The van der Waals surface area contributed by atoms with Crippen LogP contribution in [0, 0.1) is 0 Å². The molecular weight excluding hydrogens is 578 g/mol. The Morgan fingerprint density at radius 3 is 2.57 bits per heavy atom. The van der Waals surface area contributed by atoms with Gasteiger partial charge in [0.25, 0.3) is 0 Å². The number of fused-ring (bicyclic) bond motifs is 3. The SMILES string of the molecule is CCOC(=O)CC(c1ccc2ccccc2c1)n1ccc2cc(OCCc3ccc4c(n3)N(C(=O)OC(C)(C)C)CCC4)ccc21. The molecule has 0 aliphatic carbocycles. The van der Waals surface area contributed by atoms with Crippen molar-refractivity contribution in [3.63, 3.8) is 0 Å². The summed E-state index contributed by atoms with van der Waals surface area (Å²) in [7, 11) is 0. The summed E-state index contributed by atoms with van der Waals surface area (Å²) in [6.45, 7) is 8.82. The van der Waals surface area contributed by atoms with Crippen LogP contribution >= 0.6 is 0 Å². The molecule has 3 heterocycles. The maximum Gasteiger partial charge on any atom is 0.416 e. The van der Waals surface area contributed by atoms with Crippen LogP contribution in [0.4, 0.5) is 10.6 Å². The third-order valence-electron chi connectivity index (χ3n) is 8.19. The van der Waals surface area contributed by atoms with E-state index in [9.17, 15) is 9.59 Å². The number of anilines is 1. The van der Waals surface area contributed by atoms with Crippen LogP contribution in [0.5, 0.6) is 5.75 Å². The van der Waals surface area contributed by atoms with E-state index in [0.717, 1.165) is 57.1 Å². The van der Waals surface area contributed by atoms with Crippen molar-refractivity contribution in [3.8, 4) is 5.75 Å². The zero-order chi connectivity index (χ0) is 32.3. The van der Waals surface area contributed by atoms with Crippen molar-refractivity contribution < 1.29 is 23.8 Å². The number of hydrogen-bond donors (Lipinski definition) is 0. The highest BCUT2D eigenvalue weighted by atomic mass is 16.6. The molecule has 8 nitrogen and oxygen atoms in total. The second-order valence-electron chi connectivity index (χ2n) is 12.7. The monoisotopic (exact) mass is 619 g/mol. The molecule has 0 fully saturated rings. The minimum atomic E-state index is -0.569. The highest BCUT2D eigenvalue weighted by Crippen LogP contribution is 2.32. The van der Waals surface area contributed by atoms with Crippen LogP contribution in [-0.2, 0) is 27.1 Å². The third-order valence-corrected chi connectivity index (χ3v) is 8.19. The Hall–Kier alpha value is -4.85. The topological polar surface area (TPSA) is 82.9 Å². The van der Waals surface area contributed by atoms with E-state index in [0.29, 0.717) is 32.0 Å². The molecule has 2 aromatic heterocycles. The molecule has 0 radical (unpaired) electrons. The summed E-state index contributed by atoms with van der Waals surface area (Å²) < 4.78 is 19.3. The van der Waals surface area contributed by atoms with E-state index in [1.807, 2.05) is 70.3 Å². The number of carbonyl (C=O) groups is 2. The van der Waals surface area contributed by atoms with Gasteiger partial charge in [0.2, 0.25) is 0 Å². The molecule has 0 saturated heterocycles. The van der Waals surface area contributed by atoms with Gasteiger partial charge in [-0.05, 0) is 98.8 Å². The van der Waals surface area contributed by atoms with Gasteiger partial charge in [0, 0.05) is 35.8 Å². The van der Waals surface area contributed by atoms with Gasteiger partial charge in [-0.1, -0.05) is 42.5 Å². The maximum absolute atomic E-state index is 12.9. The first kappa shape index (κ1) is 31.1. The van der Waals surface area contributed by atoms with E-state index in [-0.39, 0.29) is 24.5 Å². The Labute approximate surface area is 269 Å². The predicted octanol–water partition coefficient (Wildman–Crippen LogP) is 8.04. The molecule has 6 rings (SSSR count). The highest BCUT2D eigenvalue weighted by Gasteiger charge is 2.28. The van der Waals surface area contributed by atoms with Crippen molar-refractivity contribution in [2.24, 2.45) is 0 Å². The number of carbonyl (C=O) groups excluding carboxylic acids is 2. The average molecular weight is 620 g/mol. The first-order valence-corrected chi connectivity index (χ1v) is 16.1. The number of aromatic nitrogens is 2. The molecule has 1 atom stereocenters. The predicted molar refractivity (Wildman–Crippen MR) is 181 cm³/mol. The van der Waals surface area contributed by atoms with Gasteiger partial charge in [0.1, 0.15) is 17.2 Å². The van der Waals surface area contributed by atoms with Crippen LogP contribution in [0.15, 0.2) is 85.1 Å². The fourth-order valence-electron chi connectivity index (χ4n) is 6.06. The number of pyridine rings is 1. The van der Waals surface area contributed by atoms with E-state index in [4.69, 9.17) is 19.2 Å². The van der Waals surface area contributed by atoms with Crippen molar-refractivity contribution in [1.82, 2.24) is 9.55 Å². The molecule has 1 amide bonds. The highest BCUT2D eigenvalue weighted by molar-refractivity contribution is 5.88. The summed E-state index contributed by atoms with van der Waals surface area (Å²) in [6.07, 6.45) is 4.26. The standard InChI is InChI=1S/C38H41N3O5/c1-5-44-35(42)25-34(29-13-12-26-9-6-7-10-28(26)23-29)40-21-18-30-24-32(16-17-33(30)40)45-22-19-31-15-14-27-11-8-20-41(36(27)39-31)37(43)46-38(2,3)4/h6-7,9-10,12-18,21,23-24,34H,5,8,11,19-20,22,25H2,1-4H3. The van der Waals surface area contributed by atoms with E-state index in [1.165, 1.54) is 0 Å². The van der Waals surface area contributed by atoms with Crippen molar-refractivity contribution in [2.45, 2.75) is 65.0 Å². The number of amides is 1. The van der Waals surface area contributed by atoms with Crippen LogP contribution in [0.2, 0.25) is 0 Å². The molecule has 0 N–H and O–H groups in total. The minimum absolute atomic E-state index is 0.219. The van der Waals surface area contributed by atoms with E-state index in [1.54, 1.807) is 4.90 Å². The number of hydrogen-bond acceptors (Lipinski definition) is 6. The fourth-order valence-corrected chi connectivity index (χ4v) is 6.06. The van der Waals surface area contributed by atoms with E-state index < -0.39 is 5.60 Å². The first-order chi connectivity index (χ1) is 22.2. The molecule has 0 saturated carbocycles. The van der Waals surface area contributed by atoms with Crippen LogP contribution in [0.1, 0.15) is 63.4 Å². The van der Waals surface area contributed by atoms with Crippen molar-refractivity contribution in [1.29, 1.82) is 0 Å². The lowest BCUT2D eigenvalue weighted by Crippen LogP contribution is -2.40. The van der Waals surface area contributed by atoms with Crippen LogP contribution in [0.3, 0.4) is 0 Å². The second kappa shape index (κ2) is 13.3. The molecule has 0 spiro atoms. The Morgan fingerprint density at radius 1 is 0.935 bits per heavy atom. The number of rotatable bonds is 9. The fraction of sp³-hybridized carbons (Fsp3) is 0.342. The van der Waals surface area contributed by atoms with Gasteiger partial charge < -0.3 is 18.8 Å². The second-order valence-corrected chi connectivity index (χ2v) is 12.7. The molecular formula is C38H41N3O5. The Kier molecular flexibility index (Phi) is 8.97. The molecule has 8 heteroatoms. The van der Waals surface area contributed by atoms with Gasteiger partial charge >= 0.3 is 12.1 Å². The molecule has 1 aliphatic rings. The smallest absolute Gasteiger partial charge is 0.416 e. The van der Waals surface area contributed by atoms with Gasteiger partial charge in [-0.15, -0.1) is 0 Å². The summed E-state index contributed by atoms with van der Waals surface area (Å²) in [5.41, 5.74) is 3.40. The lowest BCUT2D eigenvalue weighted by Gasteiger charge is -2.31. The van der Waals surface area contributed by atoms with E-state index >= 15 is 0 Å². The van der Waals surface area contributed by atoms with Gasteiger partial charge in [0.15, 0.2) is 0 Å². The third kappa shape index (κ3) is 7.01. The molecule has 0 bridgehead atoms. The first-order valence-electron chi connectivity index (χ1n) is 16.1. The summed E-state index contributed by atoms with van der Waals surface area (Å²) in [6, 6.07) is 26.5. The van der Waals surface area contributed by atoms with Crippen molar-refractivity contribution in [3.05, 3.63) is 102 Å². The lowest BCUT2D eigenvalue weighted by atomic mass is 9.99. The quantitative estimate of drug-likeness (QED) is 0.155. The number of benzene rings is 3. The lowest BCUT2D eigenvalue weighted by molar-refractivity contribution is -0.143. The van der Waals surface area contributed by atoms with Crippen LogP contribution in [0.25, 0.3) is 21.7 Å². The molecule has 1 unspecified atom stereocenters. The molecule has 3 aromatic carbocycles. The Bertz CT molecular complexity index is 1870. The summed E-state index contributed by atoms with van der Waals surface area (Å²) in [4.78, 5) is 32.1. The van der Waals surface area contributed by atoms with Gasteiger partial charge in [0.05, 0.1) is 25.7 Å². The van der Waals surface area contributed by atoms with Gasteiger partial charge in [-0.3, -0.25) is 9.69 Å². The summed E-state index contributed by atoms with van der Waals surface area (Å²) >= 11 is 0. The van der Waals surface area contributed by atoms with E-state index in [2.05, 4.69) is 47.0 Å². The summed E-state index contributed by atoms with van der Waals surface area (Å²) in [5, 5.41) is 3.31. The van der Waals surface area contributed by atoms with Gasteiger partial charge in [-0.25, -0.2) is 9.78 Å². The zero-order valence-electron chi connectivity index (χ0n) is 27.0. The number of nitrogens with zero attached hydrogens (tertiary/aromatic N) is 3. The maximum atomic E-state index is 12.9. The molecule has 5 aromatic rings. The average Bonchev–Trinajstić information content (AvgIpc) is 3.45. The number of ether oxygens (including phenoxy) is 3. The van der Waals surface area contributed by atoms with Crippen LogP contribution < -0.4 is 9.64 Å². The molecule has 1 aliphatic heterocycles. The molecule has 46 heavy (non-hydrogen) atoms. The summed E-state index contributed by atoms with van der Waals surface area (Å²) in [5.74, 6) is 1.21. The number of aryl methyl sites for hydroxylation is 1. The van der Waals surface area contributed by atoms with Crippen LogP contribution in [-0.4, -0.2) is 47.0 Å². The Morgan fingerprint density at radius 2 is 1.76 bits per heavy atom. The zero-order valence-corrected chi connectivity index (χ0v) is 27.0. The normalized spacial score (nSPS) is 13.8. The Balaban J connectivity index is 1.18. The van der Waals surface area contributed by atoms with Crippen molar-refractivity contribution in [2.75, 3.05) is 24.7 Å². The largest absolute Gasteiger partial charge is 0.493 e. The van der Waals surface area contributed by atoms with Gasteiger partial charge in [-0.2, -0.15) is 0 Å². The minimum Gasteiger partial charge on any atom is -0.493 e. The number of esters is 1.